The fourth-order valence-corrected chi connectivity index (χ4v) is 2.71. The lowest BCUT2D eigenvalue weighted by atomic mass is 10.0. The Kier molecular flexibility index (Phi) is 5.27. The summed E-state index contributed by atoms with van der Waals surface area (Å²) in [7, 11) is 0. The summed E-state index contributed by atoms with van der Waals surface area (Å²) in [5, 5.41) is 0. The Morgan fingerprint density at radius 3 is 2.73 bits per heavy atom. The highest BCUT2D eigenvalue weighted by Gasteiger charge is 2.31. The van der Waals surface area contributed by atoms with E-state index in [0.29, 0.717) is 18.5 Å². The number of carbonyl (C=O) groups excluding carboxylic acids is 2. The van der Waals surface area contributed by atoms with Crippen LogP contribution in [0, 0.1) is 0 Å². The number of ketones is 1. The Hall–Kier alpha value is -1.78. The molecule has 1 saturated heterocycles. The van der Waals surface area contributed by atoms with Crippen LogP contribution < -0.4 is 0 Å². The minimum Gasteiger partial charge on any atom is -0.472 e. The first-order valence-corrected chi connectivity index (χ1v) is 7.92. The topological polar surface area (TPSA) is 59.8 Å². The predicted octanol–water partition coefficient (Wildman–Crippen LogP) is 4.03. The lowest BCUT2D eigenvalue weighted by Crippen LogP contribution is -2.44. The molecule has 0 N–H and O–H groups in total. The maximum Gasteiger partial charge on any atom is 0.410 e. The van der Waals surface area contributed by atoms with Crippen molar-refractivity contribution in [1.82, 2.24) is 4.90 Å². The fraction of sp³-hybridized carbons (Fsp3) is 0.647. The van der Waals surface area contributed by atoms with E-state index in [1.165, 1.54) is 12.5 Å². The van der Waals surface area contributed by atoms with Crippen molar-refractivity contribution in [2.24, 2.45) is 0 Å². The van der Waals surface area contributed by atoms with Crippen LogP contribution in [-0.4, -0.2) is 35.0 Å². The average molecular weight is 307 g/mol. The lowest BCUT2D eigenvalue weighted by Gasteiger charge is -2.32. The molecular weight excluding hydrogens is 282 g/mol. The zero-order valence-corrected chi connectivity index (χ0v) is 13.6. The third kappa shape index (κ3) is 4.61. The fourth-order valence-electron chi connectivity index (χ4n) is 2.71. The van der Waals surface area contributed by atoms with Crippen LogP contribution in [0.2, 0.25) is 0 Å². The monoisotopic (exact) mass is 307 g/mol. The SMILES string of the molecule is CC(C)(C)OC(=O)N1CCCCCC1CC(=O)c1ccoc1. The van der Waals surface area contributed by atoms with Crippen LogP contribution >= 0.6 is 0 Å². The smallest absolute Gasteiger partial charge is 0.410 e. The lowest BCUT2D eigenvalue weighted by molar-refractivity contribution is 0.0162. The quantitative estimate of drug-likeness (QED) is 0.791. The highest BCUT2D eigenvalue weighted by atomic mass is 16.6. The molecule has 1 aliphatic rings. The van der Waals surface area contributed by atoms with Crippen molar-refractivity contribution in [3.63, 3.8) is 0 Å². The zero-order valence-electron chi connectivity index (χ0n) is 13.6. The number of hydrogen-bond acceptors (Lipinski definition) is 4. The van der Waals surface area contributed by atoms with Gasteiger partial charge in [0.1, 0.15) is 11.9 Å². The minimum absolute atomic E-state index is 0.00853. The van der Waals surface area contributed by atoms with Gasteiger partial charge in [-0.2, -0.15) is 0 Å². The number of likely N-dealkylation sites (tertiary alicyclic amines) is 1. The molecule has 1 aromatic rings. The standard InChI is InChI=1S/C17H25NO4/c1-17(2,3)22-16(20)18-9-6-4-5-7-14(18)11-15(19)13-8-10-21-12-13/h8,10,12,14H,4-7,9,11H2,1-3H3. The minimum atomic E-state index is -0.525. The van der Waals surface area contributed by atoms with Gasteiger partial charge in [-0.25, -0.2) is 4.79 Å². The molecule has 0 spiro atoms. The average Bonchev–Trinajstić information content (AvgIpc) is 2.84. The van der Waals surface area contributed by atoms with Gasteiger partial charge < -0.3 is 14.1 Å². The second-order valence-electron chi connectivity index (χ2n) is 6.82. The molecule has 0 bridgehead atoms. The summed E-state index contributed by atoms with van der Waals surface area (Å²) in [5.41, 5.74) is 0.0380. The largest absolute Gasteiger partial charge is 0.472 e. The van der Waals surface area contributed by atoms with Gasteiger partial charge in [-0.15, -0.1) is 0 Å². The predicted molar refractivity (Wildman–Crippen MR) is 82.9 cm³/mol. The van der Waals surface area contributed by atoms with Crippen LogP contribution in [0.4, 0.5) is 4.79 Å². The van der Waals surface area contributed by atoms with Crippen molar-refractivity contribution in [3.8, 4) is 0 Å². The van der Waals surface area contributed by atoms with Crippen LogP contribution in [0.3, 0.4) is 0 Å². The van der Waals surface area contributed by atoms with Crippen molar-refractivity contribution < 1.29 is 18.7 Å². The van der Waals surface area contributed by atoms with Gasteiger partial charge in [0.15, 0.2) is 5.78 Å². The number of carbonyl (C=O) groups is 2. The van der Waals surface area contributed by atoms with Crippen LogP contribution in [0.5, 0.6) is 0 Å². The van der Waals surface area contributed by atoms with Gasteiger partial charge in [0.05, 0.1) is 11.8 Å². The number of ether oxygens (including phenoxy) is 1. The van der Waals surface area contributed by atoms with Crippen molar-refractivity contribution in [3.05, 3.63) is 24.2 Å². The Balaban J connectivity index is 2.07. The third-order valence-corrected chi connectivity index (χ3v) is 3.77. The van der Waals surface area contributed by atoms with Gasteiger partial charge >= 0.3 is 6.09 Å². The number of hydrogen-bond donors (Lipinski definition) is 0. The van der Waals surface area contributed by atoms with Crippen molar-refractivity contribution in [2.75, 3.05) is 6.54 Å². The summed E-state index contributed by atoms with van der Waals surface area (Å²) in [6, 6.07) is 1.57. The molecule has 0 aliphatic carbocycles. The van der Waals surface area contributed by atoms with E-state index in [4.69, 9.17) is 9.15 Å². The molecule has 0 aromatic carbocycles. The summed E-state index contributed by atoms with van der Waals surface area (Å²) in [4.78, 5) is 26.5. The van der Waals surface area contributed by atoms with Crippen LogP contribution in [-0.2, 0) is 4.74 Å². The molecule has 22 heavy (non-hydrogen) atoms. The molecule has 1 unspecified atom stereocenters. The van der Waals surface area contributed by atoms with Gasteiger partial charge in [0, 0.05) is 19.0 Å². The molecule has 1 amide bonds. The molecule has 5 nitrogen and oxygen atoms in total. The van der Waals surface area contributed by atoms with E-state index < -0.39 is 5.60 Å². The molecule has 1 aromatic heterocycles. The van der Waals surface area contributed by atoms with E-state index >= 15 is 0 Å². The van der Waals surface area contributed by atoms with Gasteiger partial charge in [0.2, 0.25) is 0 Å². The molecule has 122 valence electrons. The van der Waals surface area contributed by atoms with Crippen molar-refractivity contribution >= 4 is 11.9 Å². The van der Waals surface area contributed by atoms with Crippen LogP contribution in [0.15, 0.2) is 23.0 Å². The van der Waals surface area contributed by atoms with Gasteiger partial charge in [0.25, 0.3) is 0 Å². The highest BCUT2D eigenvalue weighted by molar-refractivity contribution is 5.96. The molecule has 0 radical (unpaired) electrons. The normalized spacial score (nSPS) is 19.6. The Bertz CT molecular complexity index is 501. The molecular formula is C17H25NO4. The van der Waals surface area contributed by atoms with E-state index in [9.17, 15) is 9.59 Å². The van der Waals surface area contributed by atoms with E-state index in [1.807, 2.05) is 20.8 Å². The third-order valence-electron chi connectivity index (χ3n) is 3.77. The first kappa shape index (κ1) is 16.6. The van der Waals surface area contributed by atoms with Crippen molar-refractivity contribution in [1.29, 1.82) is 0 Å². The second kappa shape index (κ2) is 6.99. The second-order valence-corrected chi connectivity index (χ2v) is 6.82. The molecule has 1 atom stereocenters. The van der Waals surface area contributed by atoms with E-state index in [0.717, 1.165) is 25.7 Å². The molecule has 2 heterocycles. The summed E-state index contributed by atoms with van der Waals surface area (Å²) >= 11 is 0. The highest BCUT2D eigenvalue weighted by Crippen LogP contribution is 2.23. The maximum absolute atomic E-state index is 12.4. The molecule has 5 heteroatoms. The molecule has 1 aliphatic heterocycles. The van der Waals surface area contributed by atoms with Gasteiger partial charge in [-0.3, -0.25) is 4.79 Å². The first-order valence-electron chi connectivity index (χ1n) is 7.92. The summed E-state index contributed by atoms with van der Waals surface area (Å²) < 4.78 is 10.5. The summed E-state index contributed by atoms with van der Waals surface area (Å²) in [6.45, 7) is 6.22. The summed E-state index contributed by atoms with van der Waals surface area (Å²) in [5.74, 6) is 0.00853. The van der Waals surface area contributed by atoms with Gasteiger partial charge in [-0.05, 0) is 39.7 Å². The van der Waals surface area contributed by atoms with E-state index in [1.54, 1.807) is 11.0 Å². The van der Waals surface area contributed by atoms with Crippen LogP contribution in [0.1, 0.15) is 63.2 Å². The number of amides is 1. The number of furan rings is 1. The summed E-state index contributed by atoms with van der Waals surface area (Å²) in [6.07, 6.45) is 6.85. The Morgan fingerprint density at radius 2 is 2.09 bits per heavy atom. The first-order chi connectivity index (χ1) is 10.4. The zero-order chi connectivity index (χ0) is 16.2. The van der Waals surface area contributed by atoms with Crippen LogP contribution in [0.25, 0.3) is 0 Å². The van der Waals surface area contributed by atoms with Gasteiger partial charge in [-0.1, -0.05) is 12.8 Å². The molecule has 2 rings (SSSR count). The number of rotatable bonds is 3. The Labute approximate surface area is 131 Å². The number of nitrogens with zero attached hydrogens (tertiary/aromatic N) is 1. The van der Waals surface area contributed by atoms with Crippen molar-refractivity contribution in [2.45, 2.75) is 64.5 Å². The molecule has 0 saturated carbocycles. The number of Topliss-reactive ketones (excluding diaryl/α,β-unsaturated/α-hetero) is 1. The van der Waals surface area contributed by atoms with E-state index in [-0.39, 0.29) is 17.9 Å². The maximum atomic E-state index is 12.4. The van der Waals surface area contributed by atoms with E-state index in [2.05, 4.69) is 0 Å². The molecule has 1 fully saturated rings. The Morgan fingerprint density at radius 1 is 1.32 bits per heavy atom.